The summed E-state index contributed by atoms with van der Waals surface area (Å²) in [6.45, 7) is 0. The van der Waals surface area contributed by atoms with Crippen LogP contribution in [0.25, 0.3) is 0 Å². The Balaban J connectivity index is 0.000000220. The fraction of sp³-hybridized carbons (Fsp3) is 0. The van der Waals surface area contributed by atoms with Gasteiger partial charge >= 0.3 is 11.9 Å². The summed E-state index contributed by atoms with van der Waals surface area (Å²) in [4.78, 5) is 20.8. The van der Waals surface area contributed by atoms with Crippen molar-refractivity contribution in [2.24, 2.45) is 0 Å². The van der Waals surface area contributed by atoms with Crippen LogP contribution in [-0.4, -0.2) is 22.2 Å². The Morgan fingerprint density at radius 2 is 1.41 bits per heavy atom. The summed E-state index contributed by atoms with van der Waals surface area (Å²) in [6.07, 6.45) is 10.2. The van der Waals surface area contributed by atoms with Crippen LogP contribution in [0.15, 0.2) is 48.5 Å². The monoisotopic (exact) mass is 292 g/mol. The van der Waals surface area contributed by atoms with Gasteiger partial charge in [0, 0.05) is 11.1 Å². The van der Waals surface area contributed by atoms with Gasteiger partial charge in [-0.3, -0.25) is 0 Å². The van der Waals surface area contributed by atoms with Gasteiger partial charge in [0.05, 0.1) is 11.1 Å². The average Bonchev–Trinajstić information content (AvgIpc) is 2.55. The molecule has 2 rings (SSSR count). The molecule has 0 aromatic heterocycles. The number of hydrogen-bond donors (Lipinski definition) is 2. The number of aromatic carboxylic acids is 2. The van der Waals surface area contributed by atoms with Crippen LogP contribution in [0.3, 0.4) is 0 Å². The molecule has 4 heteroatoms. The molecule has 0 fully saturated rings. The van der Waals surface area contributed by atoms with Crippen LogP contribution in [0.5, 0.6) is 0 Å². The van der Waals surface area contributed by atoms with E-state index in [1.54, 1.807) is 30.3 Å². The zero-order valence-electron chi connectivity index (χ0n) is 11.5. The fourth-order valence-electron chi connectivity index (χ4n) is 1.50. The standard InChI is InChI=1S/2C9H6O2/c1-2-7-3-5-8(6-4-7)9(10)11;1-2-7-5-3-4-6-8(7)9(10)11/h2*1,3-6H,(H,10,11). The molecule has 2 aromatic rings. The Kier molecular flexibility index (Phi) is 5.97. The number of carboxylic acids is 2. The molecular formula is C18H12O4. The number of hydrogen-bond acceptors (Lipinski definition) is 2. The Labute approximate surface area is 128 Å². The molecular weight excluding hydrogens is 280 g/mol. The second-order valence-corrected chi connectivity index (χ2v) is 4.02. The van der Waals surface area contributed by atoms with Gasteiger partial charge in [-0.1, -0.05) is 24.0 Å². The predicted molar refractivity (Wildman–Crippen MR) is 82.7 cm³/mol. The highest BCUT2D eigenvalue weighted by molar-refractivity contribution is 5.90. The van der Waals surface area contributed by atoms with Crippen molar-refractivity contribution in [2.75, 3.05) is 0 Å². The van der Waals surface area contributed by atoms with Crippen molar-refractivity contribution in [1.29, 1.82) is 0 Å². The molecule has 0 bridgehead atoms. The van der Waals surface area contributed by atoms with Gasteiger partial charge in [-0.15, -0.1) is 12.8 Å². The van der Waals surface area contributed by atoms with Crippen molar-refractivity contribution in [2.45, 2.75) is 0 Å². The third-order valence-electron chi connectivity index (χ3n) is 2.61. The Hall–Kier alpha value is -3.50. The molecule has 4 nitrogen and oxygen atoms in total. The highest BCUT2D eigenvalue weighted by Gasteiger charge is 2.05. The molecule has 0 amide bonds. The van der Waals surface area contributed by atoms with Gasteiger partial charge in [0.25, 0.3) is 0 Å². The van der Waals surface area contributed by atoms with Crippen molar-refractivity contribution >= 4 is 11.9 Å². The molecule has 2 N–H and O–H groups in total. The lowest BCUT2D eigenvalue weighted by Crippen LogP contribution is -1.98. The summed E-state index contributed by atoms with van der Waals surface area (Å²) >= 11 is 0. The van der Waals surface area contributed by atoms with Crippen molar-refractivity contribution in [3.8, 4) is 24.7 Å². The maximum absolute atomic E-state index is 10.5. The summed E-state index contributed by atoms with van der Waals surface area (Å²) in [5, 5.41) is 17.1. The minimum Gasteiger partial charge on any atom is -0.478 e. The van der Waals surface area contributed by atoms with Crippen LogP contribution in [0.1, 0.15) is 31.8 Å². The Bertz CT molecular complexity index is 759. The van der Waals surface area contributed by atoms with Crippen molar-refractivity contribution in [1.82, 2.24) is 0 Å². The normalized spacial score (nSPS) is 8.64. The first kappa shape index (κ1) is 16.6. The average molecular weight is 292 g/mol. The molecule has 0 saturated carbocycles. The molecule has 0 aliphatic rings. The molecule has 0 unspecified atom stereocenters. The largest absolute Gasteiger partial charge is 0.478 e. The lowest BCUT2D eigenvalue weighted by atomic mass is 10.1. The second kappa shape index (κ2) is 7.94. The third kappa shape index (κ3) is 4.56. The Morgan fingerprint density at radius 3 is 1.82 bits per heavy atom. The zero-order chi connectivity index (χ0) is 16.5. The lowest BCUT2D eigenvalue weighted by molar-refractivity contribution is 0.0686. The molecule has 0 saturated heterocycles. The molecule has 0 radical (unpaired) electrons. The number of rotatable bonds is 2. The van der Waals surface area contributed by atoms with Gasteiger partial charge < -0.3 is 10.2 Å². The second-order valence-electron chi connectivity index (χ2n) is 4.02. The zero-order valence-corrected chi connectivity index (χ0v) is 11.5. The van der Waals surface area contributed by atoms with E-state index < -0.39 is 11.9 Å². The maximum atomic E-state index is 10.5. The molecule has 0 aliphatic carbocycles. The van der Waals surface area contributed by atoms with E-state index in [0.717, 1.165) is 0 Å². The molecule has 0 spiro atoms. The molecule has 2 aromatic carbocycles. The summed E-state index contributed by atoms with van der Waals surface area (Å²) < 4.78 is 0. The molecule has 0 heterocycles. The quantitative estimate of drug-likeness (QED) is 0.835. The first-order valence-electron chi connectivity index (χ1n) is 6.08. The van der Waals surface area contributed by atoms with Crippen LogP contribution < -0.4 is 0 Å². The van der Waals surface area contributed by atoms with Crippen molar-refractivity contribution in [3.05, 3.63) is 70.8 Å². The summed E-state index contributed by atoms with van der Waals surface area (Å²) in [5.41, 5.74) is 1.54. The van der Waals surface area contributed by atoms with Gasteiger partial charge in [-0.05, 0) is 36.4 Å². The molecule has 22 heavy (non-hydrogen) atoms. The van der Waals surface area contributed by atoms with Crippen LogP contribution in [-0.2, 0) is 0 Å². The van der Waals surface area contributed by atoms with Crippen molar-refractivity contribution < 1.29 is 19.8 Å². The topological polar surface area (TPSA) is 74.6 Å². The van der Waals surface area contributed by atoms with Gasteiger partial charge in [0.15, 0.2) is 0 Å². The van der Waals surface area contributed by atoms with Gasteiger partial charge in [0.2, 0.25) is 0 Å². The summed E-state index contributed by atoms with van der Waals surface area (Å²) in [6, 6.07) is 12.6. The maximum Gasteiger partial charge on any atom is 0.336 e. The summed E-state index contributed by atoms with van der Waals surface area (Å²) in [5.74, 6) is 2.77. The van der Waals surface area contributed by atoms with E-state index in [9.17, 15) is 9.59 Å². The highest BCUT2D eigenvalue weighted by Crippen LogP contribution is 2.06. The molecule has 0 aliphatic heterocycles. The first-order chi connectivity index (χ1) is 10.5. The van der Waals surface area contributed by atoms with E-state index in [1.165, 1.54) is 18.2 Å². The van der Waals surface area contributed by atoms with Crippen LogP contribution >= 0.6 is 0 Å². The number of carboxylic acid groups (broad SMARTS) is 2. The van der Waals surface area contributed by atoms with Crippen LogP contribution in [0.2, 0.25) is 0 Å². The predicted octanol–water partition coefficient (Wildman–Crippen LogP) is 2.73. The highest BCUT2D eigenvalue weighted by atomic mass is 16.4. The van der Waals surface area contributed by atoms with Gasteiger partial charge in [-0.25, -0.2) is 9.59 Å². The van der Waals surface area contributed by atoms with E-state index >= 15 is 0 Å². The Morgan fingerprint density at radius 1 is 0.818 bits per heavy atom. The fourth-order valence-corrected chi connectivity index (χ4v) is 1.50. The van der Waals surface area contributed by atoms with Gasteiger partial charge in [0.1, 0.15) is 0 Å². The minimum absolute atomic E-state index is 0.176. The SMILES string of the molecule is C#Cc1ccc(C(=O)O)cc1.C#Cc1ccccc1C(=O)O. The van der Waals surface area contributed by atoms with E-state index in [0.29, 0.717) is 11.1 Å². The van der Waals surface area contributed by atoms with E-state index in [1.807, 2.05) is 0 Å². The molecule has 108 valence electrons. The number of terminal acetylenes is 2. The smallest absolute Gasteiger partial charge is 0.336 e. The third-order valence-corrected chi connectivity index (χ3v) is 2.61. The van der Waals surface area contributed by atoms with Gasteiger partial charge in [-0.2, -0.15) is 0 Å². The van der Waals surface area contributed by atoms with E-state index in [2.05, 4.69) is 11.8 Å². The first-order valence-corrected chi connectivity index (χ1v) is 6.08. The minimum atomic E-state index is -0.987. The van der Waals surface area contributed by atoms with Crippen molar-refractivity contribution in [3.63, 3.8) is 0 Å². The summed E-state index contributed by atoms with van der Waals surface area (Å²) in [7, 11) is 0. The van der Waals surface area contributed by atoms with Crippen LogP contribution in [0.4, 0.5) is 0 Å². The number of benzene rings is 2. The van der Waals surface area contributed by atoms with Crippen LogP contribution in [0, 0.1) is 24.7 Å². The number of carbonyl (C=O) groups is 2. The van der Waals surface area contributed by atoms with E-state index in [-0.39, 0.29) is 11.1 Å². The lowest BCUT2D eigenvalue weighted by Gasteiger charge is -1.95. The van der Waals surface area contributed by atoms with E-state index in [4.69, 9.17) is 23.1 Å². The molecule has 0 atom stereocenters.